The number of hydrogen-bond acceptors (Lipinski definition) is 3. The maximum atomic E-state index is 11.8. The Morgan fingerprint density at radius 3 is 2.32 bits per heavy atom. The third-order valence-corrected chi connectivity index (χ3v) is 3.11. The number of nitrogens with zero attached hydrogens (tertiary/aromatic N) is 1. The van der Waals surface area contributed by atoms with Crippen molar-refractivity contribution in [3.8, 4) is 0 Å². The molecule has 0 saturated heterocycles. The number of nitrogens with one attached hydrogen (secondary N) is 2. The minimum Gasteiger partial charge on any atom is -0.356 e. The summed E-state index contributed by atoms with van der Waals surface area (Å²) >= 11 is 0. The molecular weight excluding hydrogens is 278 g/mol. The van der Waals surface area contributed by atoms with E-state index in [-0.39, 0.29) is 11.8 Å². The summed E-state index contributed by atoms with van der Waals surface area (Å²) in [6.45, 7) is 1.06. The SMILES string of the molecule is O=C(Cc1ccccc1)NCCCNC(=O)c1ccncc1. The summed E-state index contributed by atoms with van der Waals surface area (Å²) in [4.78, 5) is 27.3. The van der Waals surface area contributed by atoms with E-state index in [0.717, 1.165) is 5.56 Å². The topological polar surface area (TPSA) is 71.1 Å². The summed E-state index contributed by atoms with van der Waals surface area (Å²) in [7, 11) is 0. The standard InChI is InChI=1S/C17H19N3O2/c21-16(13-14-5-2-1-3-6-14)19-9-4-10-20-17(22)15-7-11-18-12-8-15/h1-3,5-8,11-12H,4,9-10,13H2,(H,19,21)(H,20,22). The molecule has 22 heavy (non-hydrogen) atoms. The second-order valence-electron chi connectivity index (χ2n) is 4.86. The zero-order valence-electron chi connectivity index (χ0n) is 12.3. The Labute approximate surface area is 129 Å². The molecule has 0 atom stereocenters. The number of aromatic nitrogens is 1. The van der Waals surface area contributed by atoms with Crippen molar-refractivity contribution < 1.29 is 9.59 Å². The predicted molar refractivity (Wildman–Crippen MR) is 84.3 cm³/mol. The molecule has 5 nitrogen and oxygen atoms in total. The second-order valence-corrected chi connectivity index (χ2v) is 4.86. The molecule has 0 aliphatic carbocycles. The van der Waals surface area contributed by atoms with Gasteiger partial charge in [-0.15, -0.1) is 0 Å². The lowest BCUT2D eigenvalue weighted by Gasteiger charge is -2.07. The van der Waals surface area contributed by atoms with Crippen molar-refractivity contribution in [1.82, 2.24) is 15.6 Å². The molecule has 1 aromatic carbocycles. The molecule has 0 aliphatic heterocycles. The van der Waals surface area contributed by atoms with Crippen molar-refractivity contribution >= 4 is 11.8 Å². The van der Waals surface area contributed by atoms with Gasteiger partial charge in [-0.1, -0.05) is 30.3 Å². The molecule has 0 radical (unpaired) electrons. The molecule has 5 heteroatoms. The molecule has 0 unspecified atom stereocenters. The van der Waals surface area contributed by atoms with Gasteiger partial charge in [-0.05, 0) is 24.1 Å². The highest BCUT2D eigenvalue weighted by Gasteiger charge is 2.04. The van der Waals surface area contributed by atoms with Crippen LogP contribution in [0.4, 0.5) is 0 Å². The molecule has 2 N–H and O–H groups in total. The molecule has 0 bridgehead atoms. The van der Waals surface area contributed by atoms with E-state index in [1.54, 1.807) is 24.5 Å². The average Bonchev–Trinajstić information content (AvgIpc) is 2.56. The van der Waals surface area contributed by atoms with Crippen molar-refractivity contribution in [3.63, 3.8) is 0 Å². The normalized spacial score (nSPS) is 10.0. The summed E-state index contributed by atoms with van der Waals surface area (Å²) in [5.74, 6) is -0.135. The Kier molecular flexibility index (Phi) is 6.11. The predicted octanol–water partition coefficient (Wildman–Crippen LogP) is 1.56. The Balaban J connectivity index is 1.59. The van der Waals surface area contributed by atoms with Gasteiger partial charge in [-0.3, -0.25) is 14.6 Å². The van der Waals surface area contributed by atoms with Crippen LogP contribution in [0.3, 0.4) is 0 Å². The van der Waals surface area contributed by atoms with Crippen LogP contribution in [0.25, 0.3) is 0 Å². The maximum absolute atomic E-state index is 11.8. The number of pyridine rings is 1. The van der Waals surface area contributed by atoms with Crippen LogP contribution in [0, 0.1) is 0 Å². The first kappa shape index (κ1) is 15.7. The summed E-state index contributed by atoms with van der Waals surface area (Å²) < 4.78 is 0. The van der Waals surface area contributed by atoms with Crippen LogP contribution < -0.4 is 10.6 Å². The Bertz CT molecular complexity index is 600. The summed E-state index contributed by atoms with van der Waals surface area (Å²) in [5, 5.41) is 5.65. The molecule has 1 aromatic heterocycles. The van der Waals surface area contributed by atoms with Crippen molar-refractivity contribution in [2.45, 2.75) is 12.8 Å². The fraction of sp³-hybridized carbons (Fsp3) is 0.235. The average molecular weight is 297 g/mol. The van der Waals surface area contributed by atoms with Gasteiger partial charge in [0.1, 0.15) is 0 Å². The van der Waals surface area contributed by atoms with Gasteiger partial charge in [0.05, 0.1) is 6.42 Å². The van der Waals surface area contributed by atoms with Crippen molar-refractivity contribution in [2.24, 2.45) is 0 Å². The van der Waals surface area contributed by atoms with Crippen LogP contribution in [0.1, 0.15) is 22.3 Å². The van der Waals surface area contributed by atoms with Crippen LogP contribution >= 0.6 is 0 Å². The van der Waals surface area contributed by atoms with Gasteiger partial charge in [-0.25, -0.2) is 0 Å². The number of carbonyl (C=O) groups excluding carboxylic acids is 2. The summed E-state index contributed by atoms with van der Waals surface area (Å²) in [6, 6.07) is 12.9. The first-order valence-electron chi connectivity index (χ1n) is 7.24. The Hall–Kier alpha value is -2.69. The molecule has 2 rings (SSSR count). The zero-order chi connectivity index (χ0) is 15.6. The van der Waals surface area contributed by atoms with Crippen LogP contribution in [-0.2, 0) is 11.2 Å². The molecule has 2 amide bonds. The molecular formula is C17H19N3O2. The van der Waals surface area contributed by atoms with Crippen molar-refractivity contribution in [3.05, 3.63) is 66.0 Å². The van der Waals surface area contributed by atoms with Gasteiger partial charge >= 0.3 is 0 Å². The molecule has 0 saturated carbocycles. The summed E-state index contributed by atoms with van der Waals surface area (Å²) in [6.07, 6.45) is 4.24. The highest BCUT2D eigenvalue weighted by atomic mass is 16.2. The molecule has 2 aromatic rings. The summed E-state index contributed by atoms with van der Waals surface area (Å²) in [5.41, 5.74) is 1.58. The molecule has 0 fully saturated rings. The first-order chi connectivity index (χ1) is 10.8. The van der Waals surface area contributed by atoms with E-state index < -0.39 is 0 Å². The molecule has 0 aliphatic rings. The van der Waals surface area contributed by atoms with Gasteiger partial charge in [-0.2, -0.15) is 0 Å². The maximum Gasteiger partial charge on any atom is 0.251 e. The number of amides is 2. The largest absolute Gasteiger partial charge is 0.356 e. The number of hydrogen-bond donors (Lipinski definition) is 2. The monoisotopic (exact) mass is 297 g/mol. The smallest absolute Gasteiger partial charge is 0.251 e. The quantitative estimate of drug-likeness (QED) is 0.762. The third kappa shape index (κ3) is 5.36. The van der Waals surface area contributed by atoms with Gasteiger partial charge < -0.3 is 10.6 Å². The lowest BCUT2D eigenvalue weighted by Crippen LogP contribution is -2.30. The number of benzene rings is 1. The number of rotatable bonds is 7. The van der Waals surface area contributed by atoms with Crippen LogP contribution in [0.2, 0.25) is 0 Å². The zero-order valence-corrected chi connectivity index (χ0v) is 12.3. The highest BCUT2D eigenvalue weighted by molar-refractivity contribution is 5.93. The molecule has 1 heterocycles. The van der Waals surface area contributed by atoms with Crippen LogP contribution in [0.15, 0.2) is 54.9 Å². The van der Waals surface area contributed by atoms with E-state index in [2.05, 4.69) is 15.6 Å². The van der Waals surface area contributed by atoms with Gasteiger partial charge in [0.25, 0.3) is 5.91 Å². The second kappa shape index (κ2) is 8.56. The minimum absolute atomic E-state index is 0.00772. The fourth-order valence-corrected chi connectivity index (χ4v) is 1.97. The van der Waals surface area contributed by atoms with Crippen LogP contribution in [0.5, 0.6) is 0 Å². The lowest BCUT2D eigenvalue weighted by atomic mass is 10.1. The Morgan fingerprint density at radius 1 is 0.909 bits per heavy atom. The third-order valence-electron chi connectivity index (χ3n) is 3.11. The van der Waals surface area contributed by atoms with E-state index in [1.165, 1.54) is 0 Å². The number of carbonyl (C=O) groups is 2. The lowest BCUT2D eigenvalue weighted by molar-refractivity contribution is -0.120. The first-order valence-corrected chi connectivity index (χ1v) is 7.24. The van der Waals surface area contributed by atoms with Gasteiger partial charge in [0.15, 0.2) is 0 Å². The molecule has 0 spiro atoms. The van der Waals surface area contributed by atoms with E-state index in [1.807, 2.05) is 30.3 Å². The highest BCUT2D eigenvalue weighted by Crippen LogP contribution is 1.99. The van der Waals surface area contributed by atoms with Crippen LogP contribution in [-0.4, -0.2) is 29.9 Å². The Morgan fingerprint density at radius 2 is 1.59 bits per heavy atom. The minimum atomic E-state index is -0.127. The van der Waals surface area contributed by atoms with E-state index in [4.69, 9.17) is 0 Å². The van der Waals surface area contributed by atoms with Gasteiger partial charge in [0.2, 0.25) is 5.91 Å². The van der Waals surface area contributed by atoms with Crippen molar-refractivity contribution in [2.75, 3.05) is 13.1 Å². The van der Waals surface area contributed by atoms with E-state index in [9.17, 15) is 9.59 Å². The van der Waals surface area contributed by atoms with Crippen molar-refractivity contribution in [1.29, 1.82) is 0 Å². The van der Waals surface area contributed by atoms with E-state index >= 15 is 0 Å². The molecule has 114 valence electrons. The van der Waals surface area contributed by atoms with Gasteiger partial charge in [0, 0.05) is 31.0 Å². The fourth-order valence-electron chi connectivity index (χ4n) is 1.97. The van der Waals surface area contributed by atoms with E-state index in [0.29, 0.717) is 31.5 Å².